The summed E-state index contributed by atoms with van der Waals surface area (Å²) < 4.78 is 5.72. The van der Waals surface area contributed by atoms with Crippen LogP contribution in [0.15, 0.2) is 48.5 Å². The standard InChI is InChI=1S/C25H35N3O/c1-28(2)17-19-10-12-20(13-11-19)22-7-4-3-6-21(22)16-27-24-9-5-8-23(24)25-18-29-15-14-26-25/h3-4,6-7,10-13,23-27H,5,8-9,14-18H2,1-2H3. The Labute approximate surface area is 175 Å². The fraction of sp³-hybridized carbons (Fsp3) is 0.520. The van der Waals surface area contributed by atoms with Crippen molar-refractivity contribution in [1.29, 1.82) is 0 Å². The second-order valence-electron chi connectivity index (χ2n) is 8.81. The van der Waals surface area contributed by atoms with E-state index in [-0.39, 0.29) is 0 Å². The van der Waals surface area contributed by atoms with E-state index in [1.165, 1.54) is 41.5 Å². The minimum absolute atomic E-state index is 0.503. The molecule has 4 heteroatoms. The molecule has 0 spiro atoms. The lowest BCUT2D eigenvalue weighted by Crippen LogP contribution is -2.50. The van der Waals surface area contributed by atoms with Crippen LogP contribution in [0.5, 0.6) is 0 Å². The first kappa shape index (κ1) is 20.5. The maximum absolute atomic E-state index is 5.72. The van der Waals surface area contributed by atoms with Gasteiger partial charge >= 0.3 is 0 Å². The minimum Gasteiger partial charge on any atom is -0.379 e. The van der Waals surface area contributed by atoms with Crippen LogP contribution >= 0.6 is 0 Å². The molecule has 2 aliphatic rings. The van der Waals surface area contributed by atoms with Crippen LogP contribution in [0, 0.1) is 5.92 Å². The van der Waals surface area contributed by atoms with E-state index in [4.69, 9.17) is 4.74 Å². The van der Waals surface area contributed by atoms with Gasteiger partial charge in [0, 0.05) is 31.7 Å². The second-order valence-corrected chi connectivity index (χ2v) is 8.81. The lowest BCUT2D eigenvalue weighted by atomic mass is 9.93. The zero-order valence-corrected chi connectivity index (χ0v) is 17.9. The van der Waals surface area contributed by atoms with E-state index in [1.54, 1.807) is 0 Å². The van der Waals surface area contributed by atoms with Crippen molar-refractivity contribution >= 4 is 0 Å². The predicted octanol–water partition coefficient (Wildman–Crippen LogP) is 3.66. The van der Waals surface area contributed by atoms with Crippen LogP contribution in [-0.2, 0) is 17.8 Å². The van der Waals surface area contributed by atoms with E-state index in [2.05, 4.69) is 78.2 Å². The maximum Gasteiger partial charge on any atom is 0.0623 e. The average molecular weight is 394 g/mol. The van der Waals surface area contributed by atoms with Gasteiger partial charge in [-0.3, -0.25) is 0 Å². The van der Waals surface area contributed by atoms with Gasteiger partial charge in [-0.05, 0) is 55.1 Å². The van der Waals surface area contributed by atoms with Gasteiger partial charge in [-0.1, -0.05) is 55.0 Å². The van der Waals surface area contributed by atoms with E-state index in [0.717, 1.165) is 32.8 Å². The zero-order chi connectivity index (χ0) is 20.1. The Balaban J connectivity index is 1.43. The number of benzene rings is 2. The molecule has 2 aromatic rings. The van der Waals surface area contributed by atoms with Crippen molar-refractivity contribution in [2.24, 2.45) is 5.92 Å². The lowest BCUT2D eigenvalue weighted by Gasteiger charge is -2.33. The molecule has 0 radical (unpaired) electrons. The molecule has 1 aliphatic heterocycles. The molecule has 1 aliphatic carbocycles. The molecule has 1 saturated carbocycles. The van der Waals surface area contributed by atoms with Crippen molar-refractivity contribution < 1.29 is 4.74 Å². The van der Waals surface area contributed by atoms with Crippen molar-refractivity contribution in [3.63, 3.8) is 0 Å². The van der Waals surface area contributed by atoms with Crippen LogP contribution < -0.4 is 10.6 Å². The molecule has 2 N–H and O–H groups in total. The number of ether oxygens (including phenoxy) is 1. The molecule has 156 valence electrons. The van der Waals surface area contributed by atoms with Gasteiger partial charge in [0.05, 0.1) is 13.2 Å². The van der Waals surface area contributed by atoms with Crippen LogP contribution in [0.3, 0.4) is 0 Å². The molecule has 1 heterocycles. The van der Waals surface area contributed by atoms with Gasteiger partial charge in [0.1, 0.15) is 0 Å². The molecule has 3 unspecified atom stereocenters. The quantitative estimate of drug-likeness (QED) is 0.753. The van der Waals surface area contributed by atoms with Gasteiger partial charge in [0.25, 0.3) is 0 Å². The number of nitrogens with zero attached hydrogens (tertiary/aromatic N) is 1. The molecule has 1 saturated heterocycles. The summed E-state index contributed by atoms with van der Waals surface area (Å²) in [6.45, 7) is 4.59. The molecule has 4 rings (SSSR count). The van der Waals surface area contributed by atoms with Crippen molar-refractivity contribution in [3.05, 3.63) is 59.7 Å². The van der Waals surface area contributed by atoms with Crippen molar-refractivity contribution in [2.75, 3.05) is 33.9 Å². The number of rotatable bonds is 7. The summed E-state index contributed by atoms with van der Waals surface area (Å²) in [6.07, 6.45) is 3.88. The van der Waals surface area contributed by atoms with Gasteiger partial charge < -0.3 is 20.3 Å². The Morgan fingerprint density at radius 2 is 1.90 bits per heavy atom. The van der Waals surface area contributed by atoms with E-state index in [9.17, 15) is 0 Å². The molecule has 0 amide bonds. The van der Waals surface area contributed by atoms with Crippen LogP contribution in [0.1, 0.15) is 30.4 Å². The van der Waals surface area contributed by atoms with Crippen LogP contribution in [0.2, 0.25) is 0 Å². The number of morpholine rings is 1. The Morgan fingerprint density at radius 3 is 2.66 bits per heavy atom. The normalized spacial score (nSPS) is 24.9. The van der Waals surface area contributed by atoms with Crippen LogP contribution in [0.4, 0.5) is 0 Å². The molecule has 0 bridgehead atoms. The third kappa shape index (κ3) is 5.26. The molecule has 2 aromatic carbocycles. The largest absolute Gasteiger partial charge is 0.379 e. The summed E-state index contributed by atoms with van der Waals surface area (Å²) in [7, 11) is 4.22. The molecular formula is C25H35N3O. The topological polar surface area (TPSA) is 36.5 Å². The fourth-order valence-corrected chi connectivity index (χ4v) is 4.94. The fourth-order valence-electron chi connectivity index (χ4n) is 4.94. The van der Waals surface area contributed by atoms with Gasteiger partial charge in [-0.25, -0.2) is 0 Å². The highest BCUT2D eigenvalue weighted by Crippen LogP contribution is 2.31. The molecule has 0 aromatic heterocycles. The first-order valence-corrected chi connectivity index (χ1v) is 11.1. The number of hydrogen-bond donors (Lipinski definition) is 2. The average Bonchev–Trinajstić information content (AvgIpc) is 3.22. The van der Waals surface area contributed by atoms with Gasteiger partial charge in [0.15, 0.2) is 0 Å². The van der Waals surface area contributed by atoms with E-state index in [0.29, 0.717) is 18.0 Å². The van der Waals surface area contributed by atoms with Crippen LogP contribution in [-0.4, -0.2) is 50.8 Å². The highest BCUT2D eigenvalue weighted by Gasteiger charge is 2.34. The third-order valence-corrected chi connectivity index (χ3v) is 6.37. The Morgan fingerprint density at radius 1 is 1.07 bits per heavy atom. The number of hydrogen-bond acceptors (Lipinski definition) is 4. The molecule has 4 nitrogen and oxygen atoms in total. The van der Waals surface area contributed by atoms with E-state index in [1.807, 2.05) is 0 Å². The number of nitrogens with one attached hydrogen (secondary N) is 2. The second kappa shape index (κ2) is 9.86. The Hall–Kier alpha value is -1.72. The summed E-state index contributed by atoms with van der Waals surface area (Å²) in [5.41, 5.74) is 5.37. The van der Waals surface area contributed by atoms with Crippen molar-refractivity contribution in [2.45, 2.75) is 44.4 Å². The van der Waals surface area contributed by atoms with Crippen LogP contribution in [0.25, 0.3) is 11.1 Å². The summed E-state index contributed by atoms with van der Waals surface area (Å²) in [4.78, 5) is 2.21. The molecule has 2 fully saturated rings. The summed E-state index contributed by atoms with van der Waals surface area (Å²) in [5.74, 6) is 0.674. The molecule has 3 atom stereocenters. The zero-order valence-electron chi connectivity index (χ0n) is 17.9. The van der Waals surface area contributed by atoms with Gasteiger partial charge in [0.2, 0.25) is 0 Å². The highest BCUT2D eigenvalue weighted by atomic mass is 16.5. The molecular weight excluding hydrogens is 358 g/mol. The smallest absolute Gasteiger partial charge is 0.0623 e. The lowest BCUT2D eigenvalue weighted by molar-refractivity contribution is 0.0524. The van der Waals surface area contributed by atoms with Crippen molar-refractivity contribution in [3.8, 4) is 11.1 Å². The van der Waals surface area contributed by atoms with Crippen molar-refractivity contribution in [1.82, 2.24) is 15.5 Å². The monoisotopic (exact) mass is 393 g/mol. The van der Waals surface area contributed by atoms with Gasteiger partial charge in [-0.2, -0.15) is 0 Å². The predicted molar refractivity (Wildman–Crippen MR) is 120 cm³/mol. The summed E-state index contributed by atoms with van der Waals surface area (Å²) in [5, 5.41) is 7.57. The first-order chi connectivity index (χ1) is 14.2. The highest BCUT2D eigenvalue weighted by molar-refractivity contribution is 5.67. The SMILES string of the molecule is CN(C)Cc1ccc(-c2ccccc2CNC2CCCC2C2COCCN2)cc1. The Bertz CT molecular complexity index is 768. The maximum atomic E-state index is 5.72. The Kier molecular flexibility index (Phi) is 6.98. The summed E-state index contributed by atoms with van der Waals surface area (Å²) >= 11 is 0. The first-order valence-electron chi connectivity index (χ1n) is 11.1. The van der Waals surface area contributed by atoms with E-state index < -0.39 is 0 Å². The summed E-state index contributed by atoms with van der Waals surface area (Å²) in [6, 6.07) is 18.9. The minimum atomic E-state index is 0.503. The third-order valence-electron chi connectivity index (χ3n) is 6.37. The van der Waals surface area contributed by atoms with E-state index >= 15 is 0 Å². The molecule has 29 heavy (non-hydrogen) atoms. The van der Waals surface area contributed by atoms with Gasteiger partial charge in [-0.15, -0.1) is 0 Å².